The minimum absolute atomic E-state index is 0.308. The molecule has 0 saturated carbocycles. The Labute approximate surface area is 122 Å². The second-order valence-corrected chi connectivity index (χ2v) is 7.61. The number of aromatic nitrogens is 2. The van der Waals surface area contributed by atoms with E-state index in [1.807, 2.05) is 35.5 Å². The van der Waals surface area contributed by atoms with Gasteiger partial charge in [-0.3, -0.25) is 0 Å². The largest absolute Gasteiger partial charge is 0.347 e. The zero-order valence-electron chi connectivity index (χ0n) is 11.2. The fourth-order valence-corrected chi connectivity index (χ4v) is 5.17. The van der Waals surface area contributed by atoms with E-state index in [0.29, 0.717) is 17.3 Å². The number of hydrogen-bond acceptors (Lipinski definition) is 4. The normalized spacial score (nSPS) is 24.1. The lowest BCUT2D eigenvalue weighted by Gasteiger charge is -2.30. The summed E-state index contributed by atoms with van der Waals surface area (Å²) in [7, 11) is 0. The zero-order valence-corrected chi connectivity index (χ0v) is 12.9. The highest BCUT2D eigenvalue weighted by Crippen LogP contribution is 2.44. The van der Waals surface area contributed by atoms with Gasteiger partial charge in [-0.1, -0.05) is 13.8 Å². The van der Waals surface area contributed by atoms with Crippen LogP contribution in [0.5, 0.6) is 0 Å². The lowest BCUT2D eigenvalue weighted by atomic mass is 10.0. The van der Waals surface area contributed by atoms with Crippen molar-refractivity contribution >= 4 is 23.1 Å². The summed E-state index contributed by atoms with van der Waals surface area (Å²) in [6, 6.07) is 3.03. The number of aromatic amines is 1. The maximum Gasteiger partial charge on any atom is 0.123 e. The molecule has 3 heterocycles. The minimum Gasteiger partial charge on any atom is -0.347 e. The van der Waals surface area contributed by atoms with Crippen molar-refractivity contribution in [2.75, 3.05) is 0 Å². The molecular weight excluding hydrogens is 274 g/mol. The Hall–Kier alpha value is -0.780. The Morgan fingerprint density at radius 2 is 2.47 bits per heavy atom. The molecule has 1 aliphatic rings. The van der Waals surface area contributed by atoms with Crippen LogP contribution in [0.3, 0.4) is 0 Å². The highest BCUT2D eigenvalue weighted by Gasteiger charge is 2.28. The quantitative estimate of drug-likeness (QED) is 0.890. The van der Waals surface area contributed by atoms with Gasteiger partial charge in [-0.15, -0.1) is 23.1 Å². The summed E-state index contributed by atoms with van der Waals surface area (Å²) in [5, 5.41) is 6.67. The fourth-order valence-electron chi connectivity index (χ4n) is 2.61. The van der Waals surface area contributed by atoms with Crippen molar-refractivity contribution in [3.63, 3.8) is 0 Å². The average Bonchev–Trinajstić information content (AvgIpc) is 3.05. The molecule has 1 aliphatic heterocycles. The molecule has 3 rings (SSSR count). The number of nitrogens with zero attached hydrogens (tertiary/aromatic N) is 1. The molecule has 0 spiro atoms. The van der Waals surface area contributed by atoms with Crippen LogP contribution in [0.25, 0.3) is 0 Å². The number of hydrogen-bond donors (Lipinski definition) is 2. The van der Waals surface area contributed by atoms with Gasteiger partial charge in [0.05, 0.1) is 10.3 Å². The third-order valence-corrected chi connectivity index (χ3v) is 5.91. The van der Waals surface area contributed by atoms with Crippen LogP contribution in [-0.4, -0.2) is 15.2 Å². The Morgan fingerprint density at radius 3 is 3.21 bits per heavy atom. The molecule has 2 aromatic heterocycles. The molecular formula is C14H19N3S2. The Balaban J connectivity index is 1.80. The predicted octanol–water partition coefficient (Wildman–Crippen LogP) is 4.14. The van der Waals surface area contributed by atoms with E-state index < -0.39 is 0 Å². The van der Waals surface area contributed by atoms with Crippen LogP contribution in [-0.2, 0) is 0 Å². The van der Waals surface area contributed by atoms with Gasteiger partial charge in [-0.2, -0.15) is 0 Å². The number of H-pyrrole nitrogens is 1. The van der Waals surface area contributed by atoms with E-state index in [0.717, 1.165) is 12.2 Å². The second-order valence-electron chi connectivity index (χ2n) is 4.98. The molecule has 3 nitrogen and oxygen atoms in total. The summed E-state index contributed by atoms with van der Waals surface area (Å²) in [6.07, 6.45) is 5.96. The summed E-state index contributed by atoms with van der Waals surface area (Å²) in [5.74, 6) is 1.05. The van der Waals surface area contributed by atoms with Gasteiger partial charge in [-0.05, 0) is 29.9 Å². The summed E-state index contributed by atoms with van der Waals surface area (Å²) in [4.78, 5) is 7.63. The molecule has 0 aliphatic carbocycles. The number of rotatable bonds is 4. The topological polar surface area (TPSA) is 40.7 Å². The third kappa shape index (κ3) is 2.73. The Morgan fingerprint density at radius 1 is 1.58 bits per heavy atom. The summed E-state index contributed by atoms with van der Waals surface area (Å²) >= 11 is 3.87. The van der Waals surface area contributed by atoms with E-state index in [-0.39, 0.29) is 0 Å². The smallest absolute Gasteiger partial charge is 0.123 e. The molecule has 0 saturated heterocycles. The van der Waals surface area contributed by atoms with Gasteiger partial charge in [0.15, 0.2) is 0 Å². The van der Waals surface area contributed by atoms with Crippen LogP contribution >= 0.6 is 23.1 Å². The molecule has 19 heavy (non-hydrogen) atoms. The lowest BCUT2D eigenvalue weighted by Crippen LogP contribution is -2.30. The van der Waals surface area contributed by atoms with Gasteiger partial charge in [0, 0.05) is 23.7 Å². The van der Waals surface area contributed by atoms with Gasteiger partial charge in [0.25, 0.3) is 0 Å². The molecule has 2 N–H and O–H groups in total. The first-order valence-corrected chi connectivity index (χ1v) is 8.53. The van der Waals surface area contributed by atoms with Crippen molar-refractivity contribution in [3.05, 3.63) is 35.2 Å². The first kappa shape index (κ1) is 13.2. The van der Waals surface area contributed by atoms with Crippen LogP contribution in [0.1, 0.15) is 50.2 Å². The predicted molar refractivity (Wildman–Crippen MR) is 81.8 cm³/mol. The van der Waals surface area contributed by atoms with Crippen molar-refractivity contribution < 1.29 is 0 Å². The number of imidazole rings is 1. The molecule has 0 amide bonds. The number of thioether (sulfide) groups is 1. The van der Waals surface area contributed by atoms with Crippen LogP contribution in [0, 0.1) is 0 Å². The van der Waals surface area contributed by atoms with Gasteiger partial charge < -0.3 is 10.3 Å². The molecule has 3 atom stereocenters. The second kappa shape index (κ2) is 5.69. The first-order chi connectivity index (χ1) is 9.28. The first-order valence-electron chi connectivity index (χ1n) is 6.77. The van der Waals surface area contributed by atoms with E-state index in [4.69, 9.17) is 0 Å². The number of nitrogens with one attached hydrogen (secondary N) is 2. The molecule has 5 heteroatoms. The van der Waals surface area contributed by atoms with Crippen molar-refractivity contribution in [3.8, 4) is 0 Å². The monoisotopic (exact) mass is 293 g/mol. The third-order valence-electron chi connectivity index (χ3n) is 3.57. The standard InChI is InChI=1S/C14H19N3S2/c1-3-11(13-15-5-6-16-13)17-12-8-9(2)19-14-10(12)4-7-18-14/h4-7,9,11-12,17H,3,8H2,1-2H3,(H,15,16)/t9-,11?,12?/m0/s1. The van der Waals surface area contributed by atoms with Crippen molar-refractivity contribution in [1.29, 1.82) is 0 Å². The lowest BCUT2D eigenvalue weighted by molar-refractivity contribution is 0.398. The maximum atomic E-state index is 4.39. The molecule has 0 aromatic carbocycles. The van der Waals surface area contributed by atoms with E-state index in [1.54, 1.807) is 0 Å². The minimum atomic E-state index is 0.308. The average molecular weight is 293 g/mol. The molecule has 0 bridgehead atoms. The van der Waals surface area contributed by atoms with E-state index in [9.17, 15) is 0 Å². The molecule has 2 aromatic rings. The molecule has 0 radical (unpaired) electrons. The van der Waals surface area contributed by atoms with Gasteiger partial charge >= 0.3 is 0 Å². The van der Waals surface area contributed by atoms with Crippen LogP contribution in [0.2, 0.25) is 0 Å². The molecule has 102 valence electrons. The van der Waals surface area contributed by atoms with Crippen LogP contribution in [0.15, 0.2) is 28.0 Å². The zero-order chi connectivity index (χ0) is 13.2. The Bertz CT molecular complexity index is 521. The van der Waals surface area contributed by atoms with Gasteiger partial charge in [-0.25, -0.2) is 4.98 Å². The molecule has 0 fully saturated rings. The fraction of sp³-hybridized carbons (Fsp3) is 0.500. The van der Waals surface area contributed by atoms with E-state index in [2.05, 4.69) is 40.6 Å². The number of thiophene rings is 1. The summed E-state index contributed by atoms with van der Waals surface area (Å²) in [5.41, 5.74) is 1.47. The van der Waals surface area contributed by atoms with E-state index in [1.165, 1.54) is 16.2 Å². The van der Waals surface area contributed by atoms with Gasteiger partial charge in [0.1, 0.15) is 5.82 Å². The van der Waals surface area contributed by atoms with Crippen molar-refractivity contribution in [2.24, 2.45) is 0 Å². The van der Waals surface area contributed by atoms with Crippen LogP contribution in [0.4, 0.5) is 0 Å². The number of fused-ring (bicyclic) bond motifs is 1. The van der Waals surface area contributed by atoms with Crippen molar-refractivity contribution in [2.45, 2.75) is 48.2 Å². The maximum absolute atomic E-state index is 4.39. The Kier molecular flexibility index (Phi) is 3.96. The van der Waals surface area contributed by atoms with Crippen molar-refractivity contribution in [1.82, 2.24) is 15.3 Å². The summed E-state index contributed by atoms with van der Waals surface area (Å²) in [6.45, 7) is 4.52. The SMILES string of the molecule is CCC(NC1C[C@H](C)Sc2sccc21)c1ncc[nH]1. The summed E-state index contributed by atoms with van der Waals surface area (Å²) < 4.78 is 1.48. The highest BCUT2D eigenvalue weighted by molar-refractivity contribution is 8.01. The van der Waals surface area contributed by atoms with Gasteiger partial charge in [0.2, 0.25) is 0 Å². The highest BCUT2D eigenvalue weighted by atomic mass is 32.2. The molecule has 2 unspecified atom stereocenters. The van der Waals surface area contributed by atoms with Crippen LogP contribution < -0.4 is 5.32 Å². The van der Waals surface area contributed by atoms with E-state index >= 15 is 0 Å².